The lowest BCUT2D eigenvalue weighted by atomic mass is 10.2. The van der Waals surface area contributed by atoms with Gasteiger partial charge in [-0.1, -0.05) is 11.6 Å². The van der Waals surface area contributed by atoms with Crippen LogP contribution in [0.1, 0.15) is 15.2 Å². The van der Waals surface area contributed by atoms with Crippen LogP contribution in [-0.2, 0) is 15.6 Å². The van der Waals surface area contributed by atoms with E-state index in [2.05, 4.69) is 5.32 Å². The van der Waals surface area contributed by atoms with E-state index in [4.69, 9.17) is 22.3 Å². The second-order valence-electron chi connectivity index (χ2n) is 3.97. The molecule has 1 aromatic carbocycles. The van der Waals surface area contributed by atoms with Crippen LogP contribution in [0.5, 0.6) is 0 Å². The van der Waals surface area contributed by atoms with Gasteiger partial charge in [-0.2, -0.15) is 0 Å². The molecule has 0 aliphatic heterocycles. The van der Waals surface area contributed by atoms with Gasteiger partial charge in [0, 0.05) is 24.2 Å². The molecule has 2 rings (SSSR count). The highest BCUT2D eigenvalue weighted by Gasteiger charge is 2.14. The average Bonchev–Trinajstić information content (AvgIpc) is 2.87. The van der Waals surface area contributed by atoms with E-state index < -0.39 is 9.05 Å². The number of halogens is 3. The van der Waals surface area contributed by atoms with Crippen LogP contribution in [0.25, 0.3) is 0 Å². The Morgan fingerprint density at radius 1 is 1.29 bits per heavy atom. The molecule has 21 heavy (non-hydrogen) atoms. The van der Waals surface area contributed by atoms with Crippen molar-refractivity contribution in [2.24, 2.45) is 0 Å². The number of amides is 1. The summed E-state index contributed by atoms with van der Waals surface area (Å²) in [4.78, 5) is 12.8. The quantitative estimate of drug-likeness (QED) is 0.539. The minimum atomic E-state index is -3.73. The van der Waals surface area contributed by atoms with Gasteiger partial charge in [-0.05, 0) is 52.9 Å². The lowest BCUT2D eigenvalue weighted by molar-refractivity contribution is 0.0950. The van der Waals surface area contributed by atoms with Crippen LogP contribution in [-0.4, -0.2) is 14.3 Å². The van der Waals surface area contributed by atoms with E-state index in [1.54, 1.807) is 24.3 Å². The van der Waals surface area contributed by atoms with Gasteiger partial charge in [-0.3, -0.25) is 4.79 Å². The minimum Gasteiger partial charge on any atom is -0.347 e. The van der Waals surface area contributed by atoms with Crippen molar-refractivity contribution >= 4 is 71.2 Å². The van der Waals surface area contributed by atoms with Crippen molar-refractivity contribution in [2.75, 3.05) is 0 Å². The molecule has 0 radical (unpaired) electrons. The minimum absolute atomic E-state index is 0.0609. The molecule has 112 valence electrons. The van der Waals surface area contributed by atoms with E-state index in [0.717, 1.165) is 14.9 Å². The van der Waals surface area contributed by atoms with Crippen LogP contribution in [0.15, 0.2) is 34.5 Å². The number of thiophene rings is 1. The third-order valence-corrected chi connectivity index (χ3v) is 6.83. The standard InChI is InChI=1S/C12H8Cl2INO3S2/c13-7-1-3-10(15)9(5-7)12(17)16-6-8-2-4-11(20-8)21(14,18)19/h1-5H,6H2,(H,16,17). The summed E-state index contributed by atoms with van der Waals surface area (Å²) in [6, 6.07) is 8.07. The molecule has 9 heteroatoms. The van der Waals surface area contributed by atoms with E-state index >= 15 is 0 Å². The van der Waals surface area contributed by atoms with Gasteiger partial charge in [-0.25, -0.2) is 8.42 Å². The first-order valence-electron chi connectivity index (χ1n) is 5.54. The molecule has 0 aliphatic rings. The maximum atomic E-state index is 12.1. The number of rotatable bonds is 4. The van der Waals surface area contributed by atoms with Crippen molar-refractivity contribution in [1.29, 1.82) is 0 Å². The fourth-order valence-corrected chi connectivity index (χ4v) is 4.33. The lowest BCUT2D eigenvalue weighted by Crippen LogP contribution is -2.23. The molecular weight excluding hydrogens is 468 g/mol. The number of benzene rings is 1. The van der Waals surface area contributed by atoms with Crippen LogP contribution < -0.4 is 5.32 Å². The van der Waals surface area contributed by atoms with Crippen molar-refractivity contribution in [3.63, 3.8) is 0 Å². The summed E-state index contributed by atoms with van der Waals surface area (Å²) >= 11 is 8.94. The Morgan fingerprint density at radius 3 is 2.62 bits per heavy atom. The van der Waals surface area contributed by atoms with E-state index in [9.17, 15) is 13.2 Å². The van der Waals surface area contributed by atoms with Gasteiger partial charge >= 0.3 is 0 Å². The molecule has 0 aliphatic carbocycles. The van der Waals surface area contributed by atoms with Crippen molar-refractivity contribution in [3.05, 3.63) is 49.4 Å². The van der Waals surface area contributed by atoms with E-state index in [1.807, 2.05) is 22.6 Å². The van der Waals surface area contributed by atoms with Crippen molar-refractivity contribution in [2.45, 2.75) is 10.8 Å². The zero-order valence-corrected chi connectivity index (χ0v) is 15.6. The van der Waals surface area contributed by atoms with Crippen molar-refractivity contribution in [1.82, 2.24) is 5.32 Å². The fraction of sp³-hybridized carbons (Fsp3) is 0.0833. The number of hydrogen-bond acceptors (Lipinski definition) is 4. The zero-order chi connectivity index (χ0) is 15.6. The summed E-state index contributed by atoms with van der Waals surface area (Å²) in [7, 11) is 1.52. The molecule has 0 saturated heterocycles. The summed E-state index contributed by atoms with van der Waals surface area (Å²) in [5.41, 5.74) is 0.477. The number of carbonyl (C=O) groups is 1. The maximum Gasteiger partial charge on any atom is 0.270 e. The van der Waals surface area contributed by atoms with Gasteiger partial charge < -0.3 is 5.32 Å². The molecule has 0 bridgehead atoms. The summed E-state index contributed by atoms with van der Waals surface area (Å²) in [6.45, 7) is 0.221. The number of hydrogen-bond donors (Lipinski definition) is 1. The van der Waals surface area contributed by atoms with Gasteiger partial charge in [-0.15, -0.1) is 11.3 Å². The Kier molecular flexibility index (Phi) is 5.53. The topological polar surface area (TPSA) is 63.2 Å². The zero-order valence-electron chi connectivity index (χ0n) is 10.3. The average molecular weight is 476 g/mol. The number of carbonyl (C=O) groups excluding carboxylic acids is 1. The molecule has 0 unspecified atom stereocenters. The second kappa shape index (κ2) is 6.82. The summed E-state index contributed by atoms with van der Waals surface area (Å²) in [5.74, 6) is -0.273. The summed E-state index contributed by atoms with van der Waals surface area (Å²) < 4.78 is 23.2. The second-order valence-corrected chi connectivity index (χ2v) is 9.53. The first-order chi connectivity index (χ1) is 9.77. The first-order valence-corrected chi connectivity index (χ1v) is 10.1. The Bertz CT molecular complexity index is 790. The Hall–Kier alpha value is -0.350. The summed E-state index contributed by atoms with van der Waals surface area (Å²) in [5, 5.41) is 3.20. The maximum absolute atomic E-state index is 12.1. The van der Waals surface area contributed by atoms with Gasteiger partial charge in [0.15, 0.2) is 0 Å². The van der Waals surface area contributed by atoms with Crippen LogP contribution in [0.3, 0.4) is 0 Å². The molecular formula is C12H8Cl2INO3S2. The van der Waals surface area contributed by atoms with Gasteiger partial charge in [0.05, 0.1) is 12.1 Å². The van der Waals surface area contributed by atoms with Gasteiger partial charge in [0.2, 0.25) is 0 Å². The highest BCUT2D eigenvalue weighted by atomic mass is 127. The first kappa shape index (κ1) is 17.0. The smallest absolute Gasteiger partial charge is 0.270 e. The molecule has 1 N–H and O–H groups in total. The van der Waals surface area contributed by atoms with Crippen LogP contribution in [0.2, 0.25) is 5.02 Å². The highest BCUT2D eigenvalue weighted by Crippen LogP contribution is 2.25. The van der Waals surface area contributed by atoms with E-state index in [1.165, 1.54) is 6.07 Å². The Labute approximate surface area is 149 Å². The molecule has 0 atom stereocenters. The Balaban J connectivity index is 2.08. The normalized spacial score (nSPS) is 11.4. The van der Waals surface area contributed by atoms with Crippen LogP contribution in [0, 0.1) is 3.57 Å². The molecule has 1 amide bonds. The monoisotopic (exact) mass is 475 g/mol. The predicted octanol–water partition coefficient (Wildman–Crippen LogP) is 3.86. The van der Waals surface area contributed by atoms with Crippen molar-refractivity contribution < 1.29 is 13.2 Å². The van der Waals surface area contributed by atoms with Crippen LogP contribution >= 0.6 is 56.2 Å². The third kappa shape index (κ3) is 4.56. The highest BCUT2D eigenvalue weighted by molar-refractivity contribution is 14.1. The molecule has 0 saturated carbocycles. The molecule has 1 heterocycles. The predicted molar refractivity (Wildman–Crippen MR) is 92.7 cm³/mol. The number of nitrogens with one attached hydrogen (secondary N) is 1. The molecule has 0 spiro atoms. The molecule has 2 aromatic rings. The largest absolute Gasteiger partial charge is 0.347 e. The molecule has 0 fully saturated rings. The molecule has 1 aromatic heterocycles. The fourth-order valence-electron chi connectivity index (χ4n) is 1.52. The van der Waals surface area contributed by atoms with Gasteiger partial charge in [0.25, 0.3) is 15.0 Å². The SMILES string of the molecule is O=C(NCc1ccc(S(=O)(=O)Cl)s1)c1cc(Cl)ccc1I. The lowest BCUT2D eigenvalue weighted by Gasteiger charge is -2.06. The third-order valence-electron chi connectivity index (χ3n) is 2.47. The van der Waals surface area contributed by atoms with E-state index in [0.29, 0.717) is 15.5 Å². The molecule has 4 nitrogen and oxygen atoms in total. The van der Waals surface area contributed by atoms with Gasteiger partial charge in [0.1, 0.15) is 4.21 Å². The van der Waals surface area contributed by atoms with Crippen molar-refractivity contribution in [3.8, 4) is 0 Å². The Morgan fingerprint density at radius 2 is 2.00 bits per heavy atom. The van der Waals surface area contributed by atoms with E-state index in [-0.39, 0.29) is 16.7 Å². The summed E-state index contributed by atoms with van der Waals surface area (Å²) in [6.07, 6.45) is 0. The van der Waals surface area contributed by atoms with Crippen LogP contribution in [0.4, 0.5) is 0 Å².